The summed E-state index contributed by atoms with van der Waals surface area (Å²) in [5, 5.41) is 15.6. The fourth-order valence-electron chi connectivity index (χ4n) is 2.01. The Morgan fingerprint density at radius 2 is 2.10 bits per heavy atom. The SMILES string of the molecule is CC(C)(C)C(O)(Cc1cccnc1Cl)Cn1cncn1. The van der Waals surface area contributed by atoms with E-state index in [0.717, 1.165) is 5.56 Å². The first-order chi connectivity index (χ1) is 9.32. The second-order valence-corrected chi connectivity index (χ2v) is 6.36. The molecule has 2 aromatic rings. The normalized spacial score (nSPS) is 15.1. The minimum absolute atomic E-state index is 0.349. The minimum atomic E-state index is -1.01. The molecule has 0 radical (unpaired) electrons. The lowest BCUT2D eigenvalue weighted by molar-refractivity contribution is -0.0731. The number of hydrogen-bond acceptors (Lipinski definition) is 4. The molecule has 108 valence electrons. The molecule has 0 aliphatic carbocycles. The highest BCUT2D eigenvalue weighted by Crippen LogP contribution is 2.35. The second kappa shape index (κ2) is 5.50. The van der Waals surface area contributed by atoms with E-state index in [1.165, 1.54) is 6.33 Å². The van der Waals surface area contributed by atoms with Crippen molar-refractivity contribution in [3.05, 3.63) is 41.7 Å². The standard InChI is InChI=1S/C14H19ClN4O/c1-13(2,3)14(20,8-19-10-16-9-18-19)7-11-5-4-6-17-12(11)15/h4-6,9-10,20H,7-8H2,1-3H3. The summed E-state index contributed by atoms with van der Waals surface area (Å²) in [4.78, 5) is 7.98. The van der Waals surface area contributed by atoms with Gasteiger partial charge >= 0.3 is 0 Å². The van der Waals surface area contributed by atoms with Crippen LogP contribution in [0.5, 0.6) is 0 Å². The van der Waals surface area contributed by atoms with Gasteiger partial charge in [0.1, 0.15) is 17.8 Å². The lowest BCUT2D eigenvalue weighted by Crippen LogP contribution is -2.48. The molecule has 0 bridgehead atoms. The predicted molar refractivity (Wildman–Crippen MR) is 77.4 cm³/mol. The Morgan fingerprint density at radius 1 is 1.35 bits per heavy atom. The van der Waals surface area contributed by atoms with Gasteiger partial charge in [-0.3, -0.25) is 4.68 Å². The van der Waals surface area contributed by atoms with Crippen molar-refractivity contribution in [1.29, 1.82) is 0 Å². The number of rotatable bonds is 4. The highest BCUT2D eigenvalue weighted by Gasteiger charge is 2.41. The monoisotopic (exact) mass is 294 g/mol. The summed E-state index contributed by atoms with van der Waals surface area (Å²) in [5.74, 6) is 0. The van der Waals surface area contributed by atoms with Gasteiger partial charge in [0.25, 0.3) is 0 Å². The molecule has 0 saturated carbocycles. The van der Waals surface area contributed by atoms with Crippen molar-refractivity contribution in [2.45, 2.75) is 39.3 Å². The number of halogens is 1. The topological polar surface area (TPSA) is 63.8 Å². The van der Waals surface area contributed by atoms with Gasteiger partial charge < -0.3 is 5.11 Å². The van der Waals surface area contributed by atoms with Crippen LogP contribution in [0.3, 0.4) is 0 Å². The molecule has 0 spiro atoms. The lowest BCUT2D eigenvalue weighted by atomic mass is 9.73. The van der Waals surface area contributed by atoms with Crippen LogP contribution < -0.4 is 0 Å². The third-order valence-corrected chi connectivity index (χ3v) is 3.95. The minimum Gasteiger partial charge on any atom is -0.387 e. The van der Waals surface area contributed by atoms with Crippen LogP contribution in [-0.2, 0) is 13.0 Å². The summed E-state index contributed by atoms with van der Waals surface area (Å²) in [6, 6.07) is 3.70. The summed E-state index contributed by atoms with van der Waals surface area (Å²) < 4.78 is 1.63. The lowest BCUT2D eigenvalue weighted by Gasteiger charge is -2.40. The first-order valence-corrected chi connectivity index (χ1v) is 6.84. The molecule has 0 fully saturated rings. The Bertz CT molecular complexity index is 565. The zero-order valence-electron chi connectivity index (χ0n) is 11.9. The van der Waals surface area contributed by atoms with Crippen LogP contribution in [0.4, 0.5) is 0 Å². The van der Waals surface area contributed by atoms with Crippen LogP contribution in [0.15, 0.2) is 31.0 Å². The van der Waals surface area contributed by atoms with Crippen LogP contribution in [0, 0.1) is 5.41 Å². The summed E-state index contributed by atoms with van der Waals surface area (Å²) in [6.45, 7) is 6.33. The van der Waals surface area contributed by atoms with Gasteiger partial charge in [-0.15, -0.1) is 0 Å². The average molecular weight is 295 g/mol. The van der Waals surface area contributed by atoms with Crippen molar-refractivity contribution in [2.75, 3.05) is 0 Å². The molecular weight excluding hydrogens is 276 g/mol. The smallest absolute Gasteiger partial charge is 0.137 e. The van der Waals surface area contributed by atoms with Crippen molar-refractivity contribution in [3.8, 4) is 0 Å². The van der Waals surface area contributed by atoms with E-state index in [9.17, 15) is 5.11 Å². The van der Waals surface area contributed by atoms with Crippen LogP contribution >= 0.6 is 11.6 Å². The number of nitrogens with zero attached hydrogens (tertiary/aromatic N) is 4. The molecular formula is C14H19ClN4O. The quantitative estimate of drug-likeness (QED) is 0.879. The maximum atomic E-state index is 11.1. The molecule has 6 heteroatoms. The number of aliphatic hydroxyl groups is 1. The van der Waals surface area contributed by atoms with Crippen molar-refractivity contribution in [1.82, 2.24) is 19.7 Å². The van der Waals surface area contributed by atoms with Crippen LogP contribution in [0.2, 0.25) is 5.15 Å². The van der Waals surface area contributed by atoms with Crippen LogP contribution in [0.1, 0.15) is 26.3 Å². The van der Waals surface area contributed by atoms with Crippen molar-refractivity contribution in [3.63, 3.8) is 0 Å². The van der Waals surface area contributed by atoms with Crippen molar-refractivity contribution >= 4 is 11.6 Å². The zero-order chi connectivity index (χ0) is 14.8. The van der Waals surface area contributed by atoms with Gasteiger partial charge in [-0.2, -0.15) is 5.10 Å². The number of pyridine rings is 1. The molecule has 1 atom stereocenters. The summed E-state index contributed by atoms with van der Waals surface area (Å²) in [7, 11) is 0. The highest BCUT2D eigenvalue weighted by atomic mass is 35.5. The van der Waals surface area contributed by atoms with Crippen molar-refractivity contribution in [2.24, 2.45) is 5.41 Å². The molecule has 0 saturated heterocycles. The third kappa shape index (κ3) is 3.16. The molecule has 0 aliphatic rings. The van der Waals surface area contributed by atoms with E-state index in [1.807, 2.05) is 32.9 Å². The largest absolute Gasteiger partial charge is 0.387 e. The predicted octanol–water partition coefficient (Wildman–Crippen LogP) is 2.35. The molecule has 1 N–H and O–H groups in total. The van der Waals surface area contributed by atoms with Gasteiger partial charge in [0.2, 0.25) is 0 Å². The second-order valence-electron chi connectivity index (χ2n) is 6.00. The van der Waals surface area contributed by atoms with E-state index in [2.05, 4.69) is 15.1 Å². The summed E-state index contributed by atoms with van der Waals surface area (Å²) >= 11 is 6.11. The third-order valence-electron chi connectivity index (χ3n) is 3.61. The molecule has 1 unspecified atom stereocenters. The Labute approximate surface area is 123 Å². The average Bonchev–Trinajstić information content (AvgIpc) is 2.83. The van der Waals surface area contributed by atoms with Gasteiger partial charge in [0.15, 0.2) is 0 Å². The maximum Gasteiger partial charge on any atom is 0.137 e. The highest BCUT2D eigenvalue weighted by molar-refractivity contribution is 6.30. The fourth-order valence-corrected chi connectivity index (χ4v) is 2.19. The molecule has 5 nitrogen and oxygen atoms in total. The molecule has 2 heterocycles. The van der Waals surface area contributed by atoms with E-state index < -0.39 is 5.60 Å². The Hall–Kier alpha value is -1.46. The van der Waals surface area contributed by atoms with Crippen LogP contribution in [-0.4, -0.2) is 30.5 Å². The fraction of sp³-hybridized carbons (Fsp3) is 0.500. The first-order valence-electron chi connectivity index (χ1n) is 6.46. The molecule has 20 heavy (non-hydrogen) atoms. The molecule has 2 aromatic heterocycles. The Balaban J connectivity index is 2.31. The Morgan fingerprint density at radius 3 is 2.65 bits per heavy atom. The Kier molecular flexibility index (Phi) is 4.11. The summed E-state index contributed by atoms with van der Waals surface area (Å²) in [6.07, 6.45) is 5.10. The van der Waals surface area contributed by atoms with E-state index in [0.29, 0.717) is 18.1 Å². The van der Waals surface area contributed by atoms with Gasteiger partial charge in [-0.1, -0.05) is 38.4 Å². The molecule has 0 aliphatic heterocycles. The van der Waals surface area contributed by atoms with E-state index >= 15 is 0 Å². The van der Waals surface area contributed by atoms with Gasteiger partial charge in [-0.25, -0.2) is 9.97 Å². The molecule has 0 amide bonds. The maximum absolute atomic E-state index is 11.1. The van der Waals surface area contributed by atoms with Gasteiger partial charge in [0, 0.05) is 12.6 Å². The van der Waals surface area contributed by atoms with E-state index in [-0.39, 0.29) is 5.41 Å². The first kappa shape index (κ1) is 14.9. The van der Waals surface area contributed by atoms with E-state index in [4.69, 9.17) is 11.6 Å². The van der Waals surface area contributed by atoms with Crippen molar-refractivity contribution < 1.29 is 5.11 Å². The van der Waals surface area contributed by atoms with Gasteiger partial charge in [-0.05, 0) is 17.0 Å². The summed E-state index contributed by atoms with van der Waals surface area (Å²) in [5.41, 5.74) is -0.530. The van der Waals surface area contributed by atoms with E-state index in [1.54, 1.807) is 17.2 Å². The number of aromatic nitrogens is 4. The number of hydrogen-bond donors (Lipinski definition) is 1. The molecule has 2 rings (SSSR count). The van der Waals surface area contributed by atoms with Gasteiger partial charge in [0.05, 0.1) is 12.1 Å². The van der Waals surface area contributed by atoms with Crippen LogP contribution in [0.25, 0.3) is 0 Å². The zero-order valence-corrected chi connectivity index (χ0v) is 12.7. The molecule has 0 aromatic carbocycles.